The molecular formula is C22H19Cl2N3OS. The zero-order valence-electron chi connectivity index (χ0n) is 15.8. The molecule has 0 atom stereocenters. The topological polar surface area (TPSA) is 45.2 Å². The third kappa shape index (κ3) is 4.32. The Hall–Kier alpha value is -2.34. The summed E-state index contributed by atoms with van der Waals surface area (Å²) in [6, 6.07) is 12.7. The van der Waals surface area contributed by atoms with Crippen molar-refractivity contribution in [1.82, 2.24) is 4.98 Å². The summed E-state index contributed by atoms with van der Waals surface area (Å²) < 4.78 is 0. The number of rotatable bonds is 4. The van der Waals surface area contributed by atoms with Crippen LogP contribution in [0.5, 0.6) is 0 Å². The van der Waals surface area contributed by atoms with E-state index in [0.717, 1.165) is 30.2 Å². The van der Waals surface area contributed by atoms with Crippen molar-refractivity contribution in [2.45, 2.75) is 13.3 Å². The van der Waals surface area contributed by atoms with Crippen LogP contribution in [0.1, 0.15) is 29.3 Å². The molecule has 3 aromatic rings. The van der Waals surface area contributed by atoms with Crippen LogP contribution in [-0.2, 0) is 0 Å². The Kier molecular flexibility index (Phi) is 5.90. The Labute approximate surface area is 183 Å². The maximum atomic E-state index is 12.5. The summed E-state index contributed by atoms with van der Waals surface area (Å²) in [5, 5.41) is 6.67. The van der Waals surface area contributed by atoms with Gasteiger partial charge in [0.25, 0.3) is 5.91 Å². The quantitative estimate of drug-likeness (QED) is 0.508. The van der Waals surface area contributed by atoms with Crippen LogP contribution in [0.3, 0.4) is 0 Å². The largest absolute Gasteiger partial charge is 0.343 e. The van der Waals surface area contributed by atoms with Crippen LogP contribution < -0.4 is 10.2 Å². The summed E-state index contributed by atoms with van der Waals surface area (Å²) in [6.45, 7) is 3.83. The summed E-state index contributed by atoms with van der Waals surface area (Å²) in [4.78, 5) is 19.2. The number of nitrogens with zero attached hydrogens (tertiary/aromatic N) is 2. The molecule has 0 bridgehead atoms. The van der Waals surface area contributed by atoms with E-state index < -0.39 is 0 Å². The molecule has 2 aromatic carbocycles. The van der Waals surface area contributed by atoms with E-state index in [1.807, 2.05) is 41.9 Å². The van der Waals surface area contributed by atoms with Gasteiger partial charge in [0.05, 0.1) is 15.7 Å². The Morgan fingerprint density at radius 2 is 1.90 bits per heavy atom. The van der Waals surface area contributed by atoms with Gasteiger partial charge in [-0.25, -0.2) is 4.98 Å². The van der Waals surface area contributed by atoms with Crippen LogP contribution in [0, 0.1) is 0 Å². The average Bonchev–Trinajstić information content (AvgIpc) is 3.26. The Morgan fingerprint density at radius 1 is 1.17 bits per heavy atom. The van der Waals surface area contributed by atoms with Gasteiger partial charge in [-0.1, -0.05) is 47.0 Å². The smallest absolute Gasteiger partial charge is 0.255 e. The standard InChI is InChI=1S/C22H19Cl2N3OS/c1-14-7-9-27(22-25-8-10-29-22)13-17(14)16-11-18(23)20(19(24)12-16)26-21(28)15-5-3-2-4-6-15/h2-6,8,10-12H,7,9,13H2,1H3,(H,26,28). The lowest BCUT2D eigenvalue weighted by Crippen LogP contribution is -2.30. The second-order valence-electron chi connectivity index (χ2n) is 6.88. The van der Waals surface area contributed by atoms with E-state index in [1.54, 1.807) is 23.5 Å². The summed E-state index contributed by atoms with van der Waals surface area (Å²) >= 11 is 14.7. The molecule has 1 amide bonds. The van der Waals surface area contributed by atoms with Gasteiger partial charge >= 0.3 is 0 Å². The average molecular weight is 444 g/mol. The van der Waals surface area contributed by atoms with Crippen LogP contribution in [0.25, 0.3) is 5.57 Å². The highest BCUT2D eigenvalue weighted by Gasteiger charge is 2.22. The number of carbonyl (C=O) groups excluding carboxylic acids is 1. The molecule has 0 saturated heterocycles. The number of halogens is 2. The van der Waals surface area contributed by atoms with Gasteiger partial charge < -0.3 is 10.2 Å². The highest BCUT2D eigenvalue weighted by molar-refractivity contribution is 7.13. The molecule has 4 rings (SSSR count). The number of hydrogen-bond acceptors (Lipinski definition) is 4. The predicted molar refractivity (Wildman–Crippen MR) is 122 cm³/mol. The molecule has 0 saturated carbocycles. The monoisotopic (exact) mass is 443 g/mol. The normalized spacial score (nSPS) is 14.2. The van der Waals surface area contributed by atoms with Crippen LogP contribution in [0.15, 0.2) is 59.6 Å². The predicted octanol–water partition coefficient (Wildman–Crippen LogP) is 6.39. The van der Waals surface area contributed by atoms with Crippen molar-refractivity contribution in [3.8, 4) is 0 Å². The van der Waals surface area contributed by atoms with Crippen molar-refractivity contribution >= 4 is 56.8 Å². The molecule has 148 valence electrons. The van der Waals surface area contributed by atoms with Crippen molar-refractivity contribution in [3.63, 3.8) is 0 Å². The zero-order chi connectivity index (χ0) is 20.4. The first-order chi connectivity index (χ1) is 14.0. The van der Waals surface area contributed by atoms with E-state index in [1.165, 1.54) is 11.1 Å². The fraction of sp³-hybridized carbons (Fsp3) is 0.182. The fourth-order valence-electron chi connectivity index (χ4n) is 3.37. The number of carbonyl (C=O) groups is 1. The van der Waals surface area contributed by atoms with Gasteiger partial charge in [0, 0.05) is 30.2 Å². The number of aromatic nitrogens is 1. The Morgan fingerprint density at radius 3 is 2.55 bits per heavy atom. The van der Waals surface area contributed by atoms with E-state index >= 15 is 0 Å². The molecule has 29 heavy (non-hydrogen) atoms. The van der Waals surface area contributed by atoms with Crippen molar-refractivity contribution in [1.29, 1.82) is 0 Å². The first-order valence-corrected chi connectivity index (χ1v) is 10.9. The maximum Gasteiger partial charge on any atom is 0.255 e. The zero-order valence-corrected chi connectivity index (χ0v) is 18.1. The van der Waals surface area contributed by atoms with Gasteiger partial charge in [-0.2, -0.15) is 0 Å². The van der Waals surface area contributed by atoms with Crippen molar-refractivity contribution in [2.75, 3.05) is 23.3 Å². The fourth-order valence-corrected chi connectivity index (χ4v) is 4.63. The summed E-state index contributed by atoms with van der Waals surface area (Å²) in [7, 11) is 0. The van der Waals surface area contributed by atoms with Gasteiger partial charge in [0.2, 0.25) is 0 Å². The van der Waals surface area contributed by atoms with Crippen molar-refractivity contribution < 1.29 is 4.79 Å². The highest BCUT2D eigenvalue weighted by atomic mass is 35.5. The van der Waals surface area contributed by atoms with E-state index in [-0.39, 0.29) is 5.91 Å². The lowest BCUT2D eigenvalue weighted by atomic mass is 9.95. The minimum atomic E-state index is -0.245. The molecule has 1 aliphatic heterocycles. The van der Waals surface area contributed by atoms with Gasteiger partial charge in [0.15, 0.2) is 5.13 Å². The first kappa shape index (κ1) is 20.0. The van der Waals surface area contributed by atoms with Crippen LogP contribution >= 0.6 is 34.5 Å². The molecule has 1 aromatic heterocycles. The number of anilines is 2. The Balaban J connectivity index is 1.60. The number of hydrogen-bond donors (Lipinski definition) is 1. The lowest BCUT2D eigenvalue weighted by molar-refractivity contribution is 0.102. The third-order valence-electron chi connectivity index (χ3n) is 4.98. The van der Waals surface area contributed by atoms with Gasteiger partial charge in [0.1, 0.15) is 0 Å². The van der Waals surface area contributed by atoms with Crippen LogP contribution in [-0.4, -0.2) is 24.0 Å². The molecule has 0 spiro atoms. The highest BCUT2D eigenvalue weighted by Crippen LogP contribution is 2.37. The summed E-state index contributed by atoms with van der Waals surface area (Å²) in [6.07, 6.45) is 2.78. The van der Waals surface area contributed by atoms with Gasteiger partial charge in [-0.05, 0) is 48.7 Å². The number of amides is 1. The minimum absolute atomic E-state index is 0.245. The van der Waals surface area contributed by atoms with Crippen LogP contribution in [0.2, 0.25) is 10.0 Å². The molecule has 7 heteroatoms. The molecule has 2 heterocycles. The second kappa shape index (κ2) is 8.57. The molecule has 0 aliphatic carbocycles. The summed E-state index contributed by atoms with van der Waals surface area (Å²) in [5.74, 6) is -0.245. The van der Waals surface area contributed by atoms with Gasteiger partial charge in [-0.15, -0.1) is 11.3 Å². The van der Waals surface area contributed by atoms with Crippen molar-refractivity contribution in [2.24, 2.45) is 0 Å². The van der Waals surface area contributed by atoms with E-state index in [0.29, 0.717) is 21.3 Å². The lowest BCUT2D eigenvalue weighted by Gasteiger charge is -2.30. The second-order valence-corrected chi connectivity index (χ2v) is 8.57. The SMILES string of the molecule is CC1=C(c2cc(Cl)c(NC(=O)c3ccccc3)c(Cl)c2)CN(c2nccs2)CC1. The molecule has 0 radical (unpaired) electrons. The van der Waals surface area contributed by atoms with E-state index in [9.17, 15) is 4.79 Å². The molecule has 4 nitrogen and oxygen atoms in total. The molecule has 1 N–H and O–H groups in total. The summed E-state index contributed by atoms with van der Waals surface area (Å²) in [5.41, 5.74) is 4.45. The molecule has 0 unspecified atom stereocenters. The van der Waals surface area contributed by atoms with Crippen LogP contribution in [0.4, 0.5) is 10.8 Å². The number of benzene rings is 2. The molecular weight excluding hydrogens is 425 g/mol. The molecule has 0 fully saturated rings. The number of thiazole rings is 1. The van der Waals surface area contributed by atoms with Crippen molar-refractivity contribution in [3.05, 3.63) is 80.8 Å². The number of nitrogens with one attached hydrogen (secondary N) is 1. The first-order valence-electron chi connectivity index (χ1n) is 9.22. The maximum absolute atomic E-state index is 12.5. The van der Waals surface area contributed by atoms with E-state index in [4.69, 9.17) is 23.2 Å². The minimum Gasteiger partial charge on any atom is -0.343 e. The molecule has 1 aliphatic rings. The third-order valence-corrected chi connectivity index (χ3v) is 6.40. The Bertz CT molecular complexity index is 1040. The van der Waals surface area contributed by atoms with Gasteiger partial charge in [-0.3, -0.25) is 4.79 Å². The van der Waals surface area contributed by atoms with E-state index in [2.05, 4.69) is 22.1 Å².